The second-order valence-electron chi connectivity index (χ2n) is 5.89. The number of hydrazine groups is 1. The van der Waals surface area contributed by atoms with Gasteiger partial charge in [0.05, 0.1) is 35.0 Å². The minimum atomic E-state index is -0.931. The molecule has 1 atom stereocenters. The summed E-state index contributed by atoms with van der Waals surface area (Å²) in [5, 5.41) is 5.70. The smallest absolute Gasteiger partial charge is 0.260 e. The van der Waals surface area contributed by atoms with E-state index in [1.165, 1.54) is 20.1 Å². The van der Waals surface area contributed by atoms with Crippen molar-refractivity contribution < 1.29 is 19.1 Å². The highest BCUT2D eigenvalue weighted by Crippen LogP contribution is 2.25. The fraction of sp³-hybridized carbons (Fsp3) is 0.211. The molecule has 0 bridgehead atoms. The topological polar surface area (TPSA) is 109 Å². The molecule has 2 aromatic rings. The van der Waals surface area contributed by atoms with Gasteiger partial charge in [0, 0.05) is 0 Å². The highest BCUT2D eigenvalue weighted by Gasteiger charge is 2.19. The third kappa shape index (κ3) is 6.27. The number of anilines is 1. The summed E-state index contributed by atoms with van der Waals surface area (Å²) in [6.45, 7) is 1.37. The van der Waals surface area contributed by atoms with Gasteiger partial charge >= 0.3 is 0 Å². The normalized spacial score (nSPS) is 11.2. The summed E-state index contributed by atoms with van der Waals surface area (Å²) in [6.07, 6.45) is 0. The van der Waals surface area contributed by atoms with E-state index in [0.717, 1.165) is 0 Å². The summed E-state index contributed by atoms with van der Waals surface area (Å²) in [5.41, 5.74) is 5.29. The van der Waals surface area contributed by atoms with Crippen LogP contribution in [-0.4, -0.2) is 37.4 Å². The number of halogens is 2. The molecular formula is C19H20Cl2N4O4. The summed E-state index contributed by atoms with van der Waals surface area (Å²) >= 11 is 11.9. The van der Waals surface area contributed by atoms with Crippen LogP contribution in [0.25, 0.3) is 0 Å². The predicted octanol–water partition coefficient (Wildman–Crippen LogP) is 2.38. The first-order valence-corrected chi connectivity index (χ1v) is 9.29. The number of para-hydroxylation sites is 2. The number of nitrogens with one attached hydrogen (secondary N) is 4. The van der Waals surface area contributed by atoms with Gasteiger partial charge in [-0.1, -0.05) is 41.4 Å². The van der Waals surface area contributed by atoms with Crippen LogP contribution in [-0.2, 0) is 9.59 Å². The van der Waals surface area contributed by atoms with Crippen LogP contribution in [0, 0.1) is 0 Å². The third-order valence-electron chi connectivity index (χ3n) is 3.81. The number of carbonyl (C=O) groups is 3. The zero-order valence-corrected chi connectivity index (χ0v) is 17.2. The van der Waals surface area contributed by atoms with Crippen LogP contribution < -0.4 is 26.2 Å². The van der Waals surface area contributed by atoms with Crippen molar-refractivity contribution in [2.45, 2.75) is 13.0 Å². The van der Waals surface area contributed by atoms with E-state index in [2.05, 4.69) is 21.5 Å². The molecule has 0 aliphatic rings. The van der Waals surface area contributed by atoms with Crippen LogP contribution in [0.3, 0.4) is 0 Å². The molecule has 0 radical (unpaired) electrons. The van der Waals surface area contributed by atoms with E-state index in [9.17, 15) is 14.4 Å². The van der Waals surface area contributed by atoms with Gasteiger partial charge in [-0.3, -0.25) is 25.2 Å². The van der Waals surface area contributed by atoms with E-state index in [-0.39, 0.29) is 22.2 Å². The molecule has 0 aliphatic carbocycles. The van der Waals surface area contributed by atoms with E-state index in [1.807, 2.05) is 0 Å². The monoisotopic (exact) mass is 438 g/mol. The Morgan fingerprint density at radius 1 is 1.03 bits per heavy atom. The van der Waals surface area contributed by atoms with Gasteiger partial charge in [0.2, 0.25) is 0 Å². The summed E-state index contributed by atoms with van der Waals surface area (Å²) in [6, 6.07) is 10.8. The third-order valence-corrected chi connectivity index (χ3v) is 4.63. The number of benzene rings is 2. The van der Waals surface area contributed by atoms with Crippen molar-refractivity contribution >= 4 is 46.6 Å². The SMILES string of the molecule is COc1ccccc1NCC(=O)NNC(=O)C(C)NC(=O)c1cccc(Cl)c1Cl. The predicted molar refractivity (Wildman–Crippen MR) is 111 cm³/mol. The molecule has 0 aliphatic heterocycles. The van der Waals surface area contributed by atoms with Crippen molar-refractivity contribution in [3.63, 3.8) is 0 Å². The van der Waals surface area contributed by atoms with Gasteiger partial charge in [-0.05, 0) is 31.2 Å². The van der Waals surface area contributed by atoms with Crippen molar-refractivity contribution in [3.8, 4) is 5.75 Å². The first kappa shape index (κ1) is 22.3. The Morgan fingerprint density at radius 2 is 1.76 bits per heavy atom. The van der Waals surface area contributed by atoms with E-state index in [1.54, 1.807) is 36.4 Å². The van der Waals surface area contributed by atoms with Crippen LogP contribution in [0.2, 0.25) is 10.0 Å². The molecular weight excluding hydrogens is 419 g/mol. The summed E-state index contributed by atoms with van der Waals surface area (Å²) in [4.78, 5) is 36.3. The Morgan fingerprint density at radius 3 is 2.48 bits per heavy atom. The zero-order valence-electron chi connectivity index (χ0n) is 15.7. The number of methoxy groups -OCH3 is 1. The number of rotatable bonds is 7. The molecule has 0 aromatic heterocycles. The molecule has 0 saturated heterocycles. The van der Waals surface area contributed by atoms with E-state index >= 15 is 0 Å². The minimum absolute atomic E-state index is 0.0926. The Balaban J connectivity index is 1.81. The Hall–Kier alpha value is -2.97. The maximum absolute atomic E-state index is 12.2. The largest absolute Gasteiger partial charge is 0.495 e. The van der Waals surface area contributed by atoms with Gasteiger partial charge in [0.25, 0.3) is 17.7 Å². The molecule has 10 heteroatoms. The number of hydrogen-bond acceptors (Lipinski definition) is 5. The Labute approximate surface area is 177 Å². The number of amides is 3. The van der Waals surface area contributed by atoms with Crippen molar-refractivity contribution in [1.82, 2.24) is 16.2 Å². The molecule has 4 N–H and O–H groups in total. The molecule has 29 heavy (non-hydrogen) atoms. The van der Waals surface area contributed by atoms with Crippen LogP contribution >= 0.6 is 23.2 Å². The van der Waals surface area contributed by atoms with E-state index in [4.69, 9.17) is 27.9 Å². The molecule has 0 heterocycles. The van der Waals surface area contributed by atoms with Crippen LogP contribution in [0.1, 0.15) is 17.3 Å². The quantitative estimate of drug-likeness (QED) is 0.496. The lowest BCUT2D eigenvalue weighted by molar-refractivity contribution is -0.128. The maximum atomic E-state index is 12.2. The maximum Gasteiger partial charge on any atom is 0.260 e. The summed E-state index contributed by atoms with van der Waals surface area (Å²) < 4.78 is 5.17. The van der Waals surface area contributed by atoms with Crippen molar-refractivity contribution in [2.24, 2.45) is 0 Å². The average molecular weight is 439 g/mol. The fourth-order valence-electron chi connectivity index (χ4n) is 2.27. The van der Waals surface area contributed by atoms with Gasteiger partial charge in [-0.15, -0.1) is 0 Å². The van der Waals surface area contributed by atoms with E-state index < -0.39 is 23.8 Å². The van der Waals surface area contributed by atoms with Crippen molar-refractivity contribution in [1.29, 1.82) is 0 Å². The van der Waals surface area contributed by atoms with Gasteiger partial charge in [-0.25, -0.2) is 0 Å². The molecule has 2 aromatic carbocycles. The molecule has 0 saturated carbocycles. The Kier molecular flexibility index (Phi) is 8.11. The molecule has 2 rings (SSSR count). The fourth-order valence-corrected chi connectivity index (χ4v) is 2.66. The first-order valence-electron chi connectivity index (χ1n) is 8.54. The molecule has 3 amide bonds. The van der Waals surface area contributed by atoms with Crippen molar-refractivity contribution in [3.05, 3.63) is 58.1 Å². The summed E-state index contributed by atoms with van der Waals surface area (Å²) in [7, 11) is 1.52. The second-order valence-corrected chi connectivity index (χ2v) is 6.67. The van der Waals surface area contributed by atoms with Crippen molar-refractivity contribution in [2.75, 3.05) is 19.0 Å². The number of carbonyl (C=O) groups excluding carboxylic acids is 3. The van der Waals surface area contributed by atoms with Gasteiger partial charge in [0.15, 0.2) is 0 Å². The van der Waals surface area contributed by atoms with Crippen LogP contribution in [0.15, 0.2) is 42.5 Å². The molecule has 0 spiro atoms. The lowest BCUT2D eigenvalue weighted by Gasteiger charge is -2.16. The second kappa shape index (κ2) is 10.5. The lowest BCUT2D eigenvalue weighted by atomic mass is 10.2. The highest BCUT2D eigenvalue weighted by molar-refractivity contribution is 6.43. The van der Waals surface area contributed by atoms with Crippen LogP contribution in [0.5, 0.6) is 5.75 Å². The molecule has 8 nitrogen and oxygen atoms in total. The lowest BCUT2D eigenvalue weighted by Crippen LogP contribution is -2.52. The van der Waals surface area contributed by atoms with Gasteiger partial charge < -0.3 is 15.4 Å². The van der Waals surface area contributed by atoms with Gasteiger partial charge in [0.1, 0.15) is 11.8 Å². The molecule has 1 unspecified atom stereocenters. The number of hydrogen-bond donors (Lipinski definition) is 4. The standard InChI is InChI=1S/C19H20Cl2N4O4/c1-11(23-19(28)12-6-5-7-13(20)17(12)21)18(27)25-24-16(26)10-22-14-8-3-4-9-15(14)29-2/h3-9,11,22H,10H2,1-2H3,(H,23,28)(H,24,26)(H,25,27). The van der Waals surface area contributed by atoms with Gasteiger partial charge in [-0.2, -0.15) is 0 Å². The first-order chi connectivity index (χ1) is 13.8. The Bertz CT molecular complexity index is 908. The highest BCUT2D eigenvalue weighted by atomic mass is 35.5. The summed E-state index contributed by atoms with van der Waals surface area (Å²) in [5.74, 6) is -1.08. The zero-order chi connectivity index (χ0) is 21.4. The molecule has 154 valence electrons. The molecule has 0 fully saturated rings. The minimum Gasteiger partial charge on any atom is -0.495 e. The van der Waals surface area contributed by atoms with E-state index in [0.29, 0.717) is 11.4 Å². The van der Waals surface area contributed by atoms with Crippen LogP contribution in [0.4, 0.5) is 5.69 Å². The average Bonchev–Trinajstić information content (AvgIpc) is 2.72. The number of ether oxygens (including phenoxy) is 1.